The van der Waals surface area contributed by atoms with E-state index in [2.05, 4.69) is 24.8 Å². The minimum Gasteiger partial charge on any atom is -0.377 e. The first-order valence-electron chi connectivity index (χ1n) is 7.24. The Bertz CT molecular complexity index is 453. The molecule has 3 heteroatoms. The SMILES string of the molecule is CCSC/C=C(/C)C#C[C@]1(O)[C@H](C)CC(=O)CC1(C)C. The van der Waals surface area contributed by atoms with Crippen LogP contribution in [0.2, 0.25) is 0 Å². The van der Waals surface area contributed by atoms with Crippen molar-refractivity contribution in [2.45, 2.75) is 53.1 Å². The van der Waals surface area contributed by atoms with Crippen LogP contribution in [-0.4, -0.2) is 28.0 Å². The number of ketones is 1. The van der Waals surface area contributed by atoms with E-state index >= 15 is 0 Å². The molecule has 20 heavy (non-hydrogen) atoms. The van der Waals surface area contributed by atoms with E-state index in [0.717, 1.165) is 17.1 Å². The minimum absolute atomic E-state index is 0.121. The molecule has 112 valence electrons. The van der Waals surface area contributed by atoms with Crippen LogP contribution in [0, 0.1) is 23.2 Å². The second-order valence-electron chi connectivity index (χ2n) is 6.27. The summed E-state index contributed by atoms with van der Waals surface area (Å²) in [5.74, 6) is 8.29. The zero-order chi connectivity index (χ0) is 15.4. The van der Waals surface area contributed by atoms with Crippen LogP contribution in [0.5, 0.6) is 0 Å². The molecular formula is C17H26O2S. The van der Waals surface area contributed by atoms with Crippen molar-refractivity contribution in [3.05, 3.63) is 11.6 Å². The van der Waals surface area contributed by atoms with E-state index in [0.29, 0.717) is 12.8 Å². The Morgan fingerprint density at radius 2 is 2.20 bits per heavy atom. The topological polar surface area (TPSA) is 37.3 Å². The summed E-state index contributed by atoms with van der Waals surface area (Å²) in [6.45, 7) is 9.88. The van der Waals surface area contributed by atoms with Crippen LogP contribution in [0.25, 0.3) is 0 Å². The minimum atomic E-state index is -1.09. The fourth-order valence-corrected chi connectivity index (χ4v) is 3.30. The molecule has 1 N–H and O–H groups in total. The number of carbonyl (C=O) groups excluding carboxylic acids is 1. The predicted octanol–water partition coefficient (Wildman–Crippen LogP) is 3.45. The van der Waals surface area contributed by atoms with Crippen LogP contribution < -0.4 is 0 Å². The van der Waals surface area contributed by atoms with Crippen molar-refractivity contribution in [2.75, 3.05) is 11.5 Å². The molecule has 0 aliphatic heterocycles. The monoisotopic (exact) mass is 294 g/mol. The molecule has 0 aromatic heterocycles. The Balaban J connectivity index is 2.93. The molecule has 0 bridgehead atoms. The Morgan fingerprint density at radius 1 is 1.55 bits per heavy atom. The van der Waals surface area contributed by atoms with Gasteiger partial charge in [-0.1, -0.05) is 45.6 Å². The van der Waals surface area contributed by atoms with Crippen LogP contribution in [0.3, 0.4) is 0 Å². The van der Waals surface area contributed by atoms with E-state index in [9.17, 15) is 9.90 Å². The van der Waals surface area contributed by atoms with Crippen LogP contribution in [0.1, 0.15) is 47.5 Å². The average Bonchev–Trinajstić information content (AvgIpc) is 2.33. The smallest absolute Gasteiger partial charge is 0.134 e. The molecule has 0 unspecified atom stereocenters. The number of hydrogen-bond acceptors (Lipinski definition) is 3. The molecule has 1 fully saturated rings. The van der Waals surface area contributed by atoms with Crippen LogP contribution in [0.4, 0.5) is 0 Å². The molecule has 0 aromatic rings. The van der Waals surface area contributed by atoms with E-state index in [-0.39, 0.29) is 11.7 Å². The van der Waals surface area contributed by atoms with Gasteiger partial charge in [0.15, 0.2) is 0 Å². The molecule has 1 saturated carbocycles. The van der Waals surface area contributed by atoms with Gasteiger partial charge in [-0.15, -0.1) is 0 Å². The molecule has 0 heterocycles. The lowest BCUT2D eigenvalue weighted by Crippen LogP contribution is -2.53. The number of thioether (sulfide) groups is 1. The summed E-state index contributed by atoms with van der Waals surface area (Å²) in [6, 6.07) is 0. The fourth-order valence-electron chi connectivity index (χ4n) is 2.70. The summed E-state index contributed by atoms with van der Waals surface area (Å²) >= 11 is 1.85. The summed E-state index contributed by atoms with van der Waals surface area (Å²) in [5.41, 5.74) is -0.597. The number of rotatable bonds is 3. The van der Waals surface area contributed by atoms with Gasteiger partial charge in [-0.05, 0) is 18.2 Å². The van der Waals surface area contributed by atoms with Crippen LogP contribution in [-0.2, 0) is 4.79 Å². The maximum absolute atomic E-state index is 11.7. The Kier molecular flexibility index (Phi) is 5.91. The molecule has 2 nitrogen and oxygen atoms in total. The summed E-state index contributed by atoms with van der Waals surface area (Å²) in [7, 11) is 0. The Labute approximate surface area is 127 Å². The highest BCUT2D eigenvalue weighted by molar-refractivity contribution is 7.99. The molecule has 1 aliphatic carbocycles. The summed E-state index contributed by atoms with van der Waals surface area (Å²) in [4.78, 5) is 11.7. The van der Waals surface area contributed by atoms with E-state index in [1.807, 2.05) is 39.5 Å². The van der Waals surface area contributed by atoms with Crippen molar-refractivity contribution in [3.63, 3.8) is 0 Å². The first kappa shape index (κ1) is 17.3. The highest BCUT2D eigenvalue weighted by atomic mass is 32.2. The molecule has 1 aliphatic rings. The fraction of sp³-hybridized carbons (Fsp3) is 0.706. The van der Waals surface area contributed by atoms with Crippen LogP contribution in [0.15, 0.2) is 11.6 Å². The van der Waals surface area contributed by atoms with E-state index in [1.165, 1.54) is 0 Å². The van der Waals surface area contributed by atoms with Crippen molar-refractivity contribution in [3.8, 4) is 11.8 Å². The quantitative estimate of drug-likeness (QED) is 0.640. The number of carbonyl (C=O) groups is 1. The molecule has 2 atom stereocenters. The predicted molar refractivity (Wildman–Crippen MR) is 86.7 cm³/mol. The molecule has 0 spiro atoms. The number of hydrogen-bond donors (Lipinski definition) is 1. The van der Waals surface area contributed by atoms with Gasteiger partial charge in [0.2, 0.25) is 0 Å². The first-order valence-corrected chi connectivity index (χ1v) is 8.40. The number of allylic oxidation sites excluding steroid dienone is 1. The molecule has 0 amide bonds. The normalized spacial score (nSPS) is 29.8. The average molecular weight is 294 g/mol. The lowest BCUT2D eigenvalue weighted by molar-refractivity contribution is -0.140. The second-order valence-corrected chi connectivity index (χ2v) is 7.59. The summed E-state index contributed by atoms with van der Waals surface area (Å²) in [5, 5.41) is 10.9. The third kappa shape index (κ3) is 3.90. The van der Waals surface area contributed by atoms with Crippen molar-refractivity contribution < 1.29 is 9.90 Å². The van der Waals surface area contributed by atoms with Gasteiger partial charge in [0.25, 0.3) is 0 Å². The zero-order valence-electron chi connectivity index (χ0n) is 13.2. The zero-order valence-corrected chi connectivity index (χ0v) is 14.1. The van der Waals surface area contributed by atoms with Crippen LogP contribution >= 0.6 is 11.8 Å². The van der Waals surface area contributed by atoms with Crippen molar-refractivity contribution >= 4 is 17.5 Å². The maximum atomic E-state index is 11.7. The van der Waals surface area contributed by atoms with Gasteiger partial charge in [-0.3, -0.25) is 4.79 Å². The van der Waals surface area contributed by atoms with Gasteiger partial charge in [0, 0.05) is 29.9 Å². The maximum Gasteiger partial charge on any atom is 0.134 e. The van der Waals surface area contributed by atoms with E-state index in [4.69, 9.17) is 0 Å². The van der Waals surface area contributed by atoms with Crippen molar-refractivity contribution in [1.82, 2.24) is 0 Å². The number of Topliss-reactive ketones (excluding diaryl/α,β-unsaturated/α-hetero) is 1. The third-order valence-electron chi connectivity index (χ3n) is 4.08. The lowest BCUT2D eigenvalue weighted by atomic mass is 9.60. The van der Waals surface area contributed by atoms with Gasteiger partial charge >= 0.3 is 0 Å². The van der Waals surface area contributed by atoms with Gasteiger partial charge < -0.3 is 5.11 Å². The second kappa shape index (κ2) is 6.83. The van der Waals surface area contributed by atoms with E-state index in [1.54, 1.807) is 0 Å². The van der Waals surface area contributed by atoms with Gasteiger partial charge in [-0.2, -0.15) is 11.8 Å². The highest BCUT2D eigenvalue weighted by Crippen LogP contribution is 2.45. The van der Waals surface area contributed by atoms with Crippen molar-refractivity contribution in [1.29, 1.82) is 0 Å². The Morgan fingerprint density at radius 3 is 2.75 bits per heavy atom. The van der Waals surface area contributed by atoms with Crippen molar-refractivity contribution in [2.24, 2.45) is 11.3 Å². The standard InChI is InChI=1S/C17H26O2S/c1-6-20-10-8-13(2)7-9-17(19)14(3)11-15(18)12-16(17,4)5/h8,14,19H,6,10-12H2,1-5H3/b13-8-/t14-,17+/m1/s1. The summed E-state index contributed by atoms with van der Waals surface area (Å²) < 4.78 is 0. The molecule has 0 radical (unpaired) electrons. The van der Waals surface area contributed by atoms with Gasteiger partial charge in [0.05, 0.1) is 0 Å². The third-order valence-corrected chi connectivity index (χ3v) is 4.89. The largest absolute Gasteiger partial charge is 0.377 e. The highest BCUT2D eigenvalue weighted by Gasteiger charge is 2.51. The summed E-state index contributed by atoms with van der Waals surface area (Å²) in [6.07, 6.45) is 2.91. The lowest BCUT2D eigenvalue weighted by Gasteiger charge is -2.46. The Hall–Kier alpha value is -0.720. The first-order chi connectivity index (χ1) is 9.23. The molecule has 0 aromatic carbocycles. The molecule has 1 rings (SSSR count). The molecule has 0 saturated heterocycles. The van der Waals surface area contributed by atoms with Gasteiger partial charge in [0.1, 0.15) is 11.4 Å². The number of aliphatic hydroxyl groups is 1. The molecular weight excluding hydrogens is 268 g/mol. The van der Waals surface area contributed by atoms with E-state index < -0.39 is 11.0 Å². The van der Waals surface area contributed by atoms with Gasteiger partial charge in [-0.25, -0.2) is 0 Å².